The Bertz CT molecular complexity index is 843. The fourth-order valence-corrected chi connectivity index (χ4v) is 2.55. The van der Waals surface area contributed by atoms with E-state index in [0.717, 1.165) is 22.2 Å². The van der Waals surface area contributed by atoms with Gasteiger partial charge in [0.05, 0.1) is 12.1 Å². The summed E-state index contributed by atoms with van der Waals surface area (Å²) < 4.78 is 0. The van der Waals surface area contributed by atoms with Crippen LogP contribution in [-0.2, 0) is 6.54 Å². The van der Waals surface area contributed by atoms with Gasteiger partial charge >= 0.3 is 0 Å². The highest BCUT2D eigenvalue weighted by Gasteiger charge is 2.06. The molecule has 0 atom stereocenters. The summed E-state index contributed by atoms with van der Waals surface area (Å²) in [6.07, 6.45) is 1.79. The van der Waals surface area contributed by atoms with Crippen molar-refractivity contribution in [3.8, 4) is 0 Å². The number of aliphatic hydroxyl groups excluding tert-OH is 1. The van der Waals surface area contributed by atoms with Crippen LogP contribution >= 0.6 is 0 Å². The van der Waals surface area contributed by atoms with Crippen LogP contribution in [0, 0.1) is 0 Å². The van der Waals surface area contributed by atoms with E-state index in [-0.39, 0.29) is 19.1 Å². The van der Waals surface area contributed by atoms with E-state index in [0.29, 0.717) is 12.1 Å². The molecule has 0 saturated heterocycles. The molecule has 1 aromatic heterocycles. The van der Waals surface area contributed by atoms with Crippen molar-refractivity contribution in [3.63, 3.8) is 0 Å². The molecular weight excluding hydrogens is 302 g/mol. The van der Waals surface area contributed by atoms with E-state index in [2.05, 4.69) is 15.6 Å². The molecule has 1 amide bonds. The number of rotatable bonds is 6. The zero-order valence-corrected chi connectivity index (χ0v) is 13.2. The molecule has 3 rings (SSSR count). The largest absolute Gasteiger partial charge is 0.395 e. The monoisotopic (exact) mass is 321 g/mol. The molecule has 0 saturated carbocycles. The van der Waals surface area contributed by atoms with Crippen LogP contribution in [0.4, 0.5) is 5.69 Å². The lowest BCUT2D eigenvalue weighted by atomic mass is 10.1. The van der Waals surface area contributed by atoms with E-state index in [1.165, 1.54) is 0 Å². The smallest absolute Gasteiger partial charge is 0.251 e. The molecular formula is C19H19N3O2. The molecule has 0 aliphatic carbocycles. The molecule has 2 aromatic carbocycles. The zero-order chi connectivity index (χ0) is 16.8. The van der Waals surface area contributed by atoms with Gasteiger partial charge in [-0.15, -0.1) is 0 Å². The molecule has 0 aliphatic rings. The highest BCUT2D eigenvalue weighted by molar-refractivity contribution is 5.95. The van der Waals surface area contributed by atoms with Crippen molar-refractivity contribution < 1.29 is 9.90 Å². The second-order valence-electron chi connectivity index (χ2n) is 5.41. The SMILES string of the molecule is O=C(NCCO)c1cccc(NCc2cccc3cccnc23)c1. The fourth-order valence-electron chi connectivity index (χ4n) is 2.55. The number of nitrogens with one attached hydrogen (secondary N) is 2. The summed E-state index contributed by atoms with van der Waals surface area (Å²) in [5.41, 5.74) is 3.50. The molecule has 0 spiro atoms. The number of fused-ring (bicyclic) bond motifs is 1. The van der Waals surface area contributed by atoms with Crippen molar-refractivity contribution in [3.05, 3.63) is 71.9 Å². The number of para-hydroxylation sites is 1. The summed E-state index contributed by atoms with van der Waals surface area (Å²) in [5, 5.41) is 15.9. The Balaban J connectivity index is 1.73. The van der Waals surface area contributed by atoms with Crippen molar-refractivity contribution in [1.82, 2.24) is 10.3 Å². The summed E-state index contributed by atoms with van der Waals surface area (Å²) in [4.78, 5) is 16.4. The third-order valence-electron chi connectivity index (χ3n) is 3.72. The van der Waals surface area contributed by atoms with Gasteiger partial charge in [0.1, 0.15) is 0 Å². The highest BCUT2D eigenvalue weighted by Crippen LogP contribution is 2.18. The molecule has 0 fully saturated rings. The maximum absolute atomic E-state index is 11.9. The fraction of sp³-hybridized carbons (Fsp3) is 0.158. The van der Waals surface area contributed by atoms with Gasteiger partial charge in [-0.25, -0.2) is 0 Å². The first-order valence-electron chi connectivity index (χ1n) is 7.83. The number of hydrogen-bond acceptors (Lipinski definition) is 4. The van der Waals surface area contributed by atoms with Crippen LogP contribution < -0.4 is 10.6 Å². The van der Waals surface area contributed by atoms with Gasteiger partial charge in [-0.2, -0.15) is 0 Å². The van der Waals surface area contributed by atoms with Crippen LogP contribution in [0.25, 0.3) is 10.9 Å². The van der Waals surface area contributed by atoms with Gasteiger partial charge in [-0.1, -0.05) is 30.3 Å². The average molecular weight is 321 g/mol. The first-order valence-corrected chi connectivity index (χ1v) is 7.83. The standard InChI is InChI=1S/C19H19N3O2/c23-11-10-21-19(24)15-5-2-8-17(12-15)22-13-16-6-1-4-14-7-3-9-20-18(14)16/h1-9,12,22-23H,10-11,13H2,(H,21,24). The third kappa shape index (κ3) is 3.70. The summed E-state index contributed by atoms with van der Waals surface area (Å²) in [6, 6.07) is 17.4. The van der Waals surface area contributed by atoms with Crippen molar-refractivity contribution in [2.45, 2.75) is 6.54 Å². The predicted octanol–water partition coefficient (Wildman–Crippen LogP) is 2.57. The number of carbonyl (C=O) groups excluding carboxylic acids is 1. The molecule has 1 heterocycles. The van der Waals surface area contributed by atoms with Crippen LogP contribution in [0.2, 0.25) is 0 Å². The first-order chi connectivity index (χ1) is 11.8. The molecule has 3 N–H and O–H groups in total. The van der Waals surface area contributed by atoms with Crippen LogP contribution in [0.15, 0.2) is 60.8 Å². The van der Waals surface area contributed by atoms with Crippen LogP contribution in [0.5, 0.6) is 0 Å². The molecule has 122 valence electrons. The quantitative estimate of drug-likeness (QED) is 0.652. The summed E-state index contributed by atoms with van der Waals surface area (Å²) >= 11 is 0. The van der Waals surface area contributed by atoms with Gasteiger partial charge in [0.25, 0.3) is 5.91 Å². The molecule has 0 unspecified atom stereocenters. The van der Waals surface area contributed by atoms with Crippen LogP contribution in [0.3, 0.4) is 0 Å². The number of amides is 1. The van der Waals surface area contributed by atoms with E-state index in [1.807, 2.05) is 42.5 Å². The molecule has 5 nitrogen and oxygen atoms in total. The Morgan fingerprint density at radius 1 is 1.08 bits per heavy atom. The summed E-state index contributed by atoms with van der Waals surface area (Å²) in [7, 11) is 0. The summed E-state index contributed by atoms with van der Waals surface area (Å²) in [5.74, 6) is -0.195. The topological polar surface area (TPSA) is 74.2 Å². The minimum atomic E-state index is -0.195. The van der Waals surface area contributed by atoms with Gasteiger partial charge in [-0.3, -0.25) is 9.78 Å². The molecule has 0 radical (unpaired) electrons. The van der Waals surface area contributed by atoms with Gasteiger partial charge < -0.3 is 15.7 Å². The van der Waals surface area contributed by atoms with E-state index in [9.17, 15) is 4.79 Å². The normalized spacial score (nSPS) is 10.5. The van der Waals surface area contributed by atoms with Gasteiger partial charge in [0.2, 0.25) is 0 Å². The van der Waals surface area contributed by atoms with Gasteiger partial charge in [0.15, 0.2) is 0 Å². The van der Waals surface area contributed by atoms with E-state index in [1.54, 1.807) is 18.3 Å². The van der Waals surface area contributed by atoms with Crippen molar-refractivity contribution in [2.24, 2.45) is 0 Å². The Hall–Kier alpha value is -2.92. The van der Waals surface area contributed by atoms with Crippen molar-refractivity contribution in [2.75, 3.05) is 18.5 Å². The second kappa shape index (κ2) is 7.57. The lowest BCUT2D eigenvalue weighted by Crippen LogP contribution is -2.26. The minimum Gasteiger partial charge on any atom is -0.395 e. The molecule has 24 heavy (non-hydrogen) atoms. The lowest BCUT2D eigenvalue weighted by molar-refractivity contribution is 0.0945. The Kier molecular flexibility index (Phi) is 5.03. The minimum absolute atomic E-state index is 0.0717. The van der Waals surface area contributed by atoms with Crippen LogP contribution in [0.1, 0.15) is 15.9 Å². The number of benzene rings is 2. The van der Waals surface area contributed by atoms with E-state index >= 15 is 0 Å². The number of hydrogen-bond donors (Lipinski definition) is 3. The van der Waals surface area contributed by atoms with E-state index in [4.69, 9.17) is 5.11 Å². The second-order valence-corrected chi connectivity index (χ2v) is 5.41. The zero-order valence-electron chi connectivity index (χ0n) is 13.2. The molecule has 0 bridgehead atoms. The van der Waals surface area contributed by atoms with Crippen molar-refractivity contribution >= 4 is 22.5 Å². The van der Waals surface area contributed by atoms with Crippen molar-refractivity contribution in [1.29, 1.82) is 0 Å². The number of anilines is 1. The maximum Gasteiger partial charge on any atom is 0.251 e. The Labute approximate surface area is 140 Å². The van der Waals surface area contributed by atoms with Gasteiger partial charge in [-0.05, 0) is 29.8 Å². The molecule has 5 heteroatoms. The highest BCUT2D eigenvalue weighted by atomic mass is 16.3. The van der Waals surface area contributed by atoms with Crippen LogP contribution in [-0.4, -0.2) is 29.1 Å². The molecule has 0 aliphatic heterocycles. The Morgan fingerprint density at radius 3 is 2.79 bits per heavy atom. The number of nitrogens with zero attached hydrogens (tertiary/aromatic N) is 1. The molecule has 3 aromatic rings. The third-order valence-corrected chi connectivity index (χ3v) is 3.72. The number of aromatic nitrogens is 1. The lowest BCUT2D eigenvalue weighted by Gasteiger charge is -2.10. The average Bonchev–Trinajstić information content (AvgIpc) is 2.64. The Morgan fingerprint density at radius 2 is 1.92 bits per heavy atom. The predicted molar refractivity (Wildman–Crippen MR) is 94.9 cm³/mol. The van der Waals surface area contributed by atoms with Gasteiger partial charge in [0, 0.05) is 35.9 Å². The first kappa shape index (κ1) is 16.0. The number of aliphatic hydroxyl groups is 1. The number of carbonyl (C=O) groups is 1. The van der Waals surface area contributed by atoms with E-state index < -0.39 is 0 Å². The number of pyridine rings is 1. The summed E-state index contributed by atoms with van der Waals surface area (Å²) in [6.45, 7) is 0.798. The maximum atomic E-state index is 11.9.